The molecule has 21 heavy (non-hydrogen) atoms. The minimum atomic E-state index is 0.137. The number of nitrogens with zero attached hydrogens (tertiary/aromatic N) is 2. The molecule has 2 rings (SSSR count). The molecule has 0 aliphatic heterocycles. The molecule has 1 unspecified atom stereocenters. The van der Waals surface area contributed by atoms with Crippen LogP contribution in [0.5, 0.6) is 11.5 Å². The quantitative estimate of drug-likeness (QED) is 0.889. The van der Waals surface area contributed by atoms with E-state index in [1.165, 1.54) is 0 Å². The third-order valence-electron chi connectivity index (χ3n) is 3.68. The molecular formula is C16H22BrN3O. The molecular weight excluding hydrogens is 330 g/mol. The molecule has 0 aliphatic carbocycles. The summed E-state index contributed by atoms with van der Waals surface area (Å²) in [7, 11) is 1.92. The fraction of sp³-hybridized carbons (Fsp3) is 0.438. The SMILES string of the molecule is CCC(N)Cc1cc(Br)ccc1Oc1c(C)nn(C)c1C. The zero-order chi connectivity index (χ0) is 15.6. The molecule has 1 aromatic carbocycles. The first-order chi connectivity index (χ1) is 9.92. The van der Waals surface area contributed by atoms with E-state index in [4.69, 9.17) is 10.5 Å². The van der Waals surface area contributed by atoms with Gasteiger partial charge in [-0.05, 0) is 50.5 Å². The highest BCUT2D eigenvalue weighted by Gasteiger charge is 2.15. The van der Waals surface area contributed by atoms with Crippen molar-refractivity contribution in [2.45, 2.75) is 39.7 Å². The number of hydrogen-bond acceptors (Lipinski definition) is 3. The Morgan fingerprint density at radius 2 is 2.10 bits per heavy atom. The number of aryl methyl sites for hydroxylation is 2. The third kappa shape index (κ3) is 3.66. The van der Waals surface area contributed by atoms with Gasteiger partial charge in [0.15, 0.2) is 5.75 Å². The zero-order valence-corrected chi connectivity index (χ0v) is 14.6. The normalized spacial score (nSPS) is 12.5. The van der Waals surface area contributed by atoms with E-state index >= 15 is 0 Å². The van der Waals surface area contributed by atoms with Crippen LogP contribution in [-0.2, 0) is 13.5 Å². The van der Waals surface area contributed by atoms with Crippen LogP contribution in [-0.4, -0.2) is 15.8 Å². The highest BCUT2D eigenvalue weighted by atomic mass is 79.9. The van der Waals surface area contributed by atoms with Crippen LogP contribution in [0.25, 0.3) is 0 Å². The summed E-state index contributed by atoms with van der Waals surface area (Å²) in [6.45, 7) is 6.06. The zero-order valence-electron chi connectivity index (χ0n) is 13.0. The number of ether oxygens (including phenoxy) is 1. The summed E-state index contributed by atoms with van der Waals surface area (Å²) in [6.07, 6.45) is 1.74. The molecule has 1 heterocycles. The van der Waals surface area contributed by atoms with Crippen LogP contribution in [0, 0.1) is 13.8 Å². The second-order valence-corrected chi connectivity index (χ2v) is 6.27. The summed E-state index contributed by atoms with van der Waals surface area (Å²) in [5.74, 6) is 1.67. The molecule has 0 aliphatic rings. The molecule has 0 bridgehead atoms. The molecule has 114 valence electrons. The van der Waals surface area contributed by atoms with Gasteiger partial charge >= 0.3 is 0 Å². The maximum atomic E-state index is 6.13. The number of aromatic nitrogens is 2. The van der Waals surface area contributed by atoms with Crippen LogP contribution < -0.4 is 10.5 Å². The Morgan fingerprint density at radius 3 is 2.67 bits per heavy atom. The Morgan fingerprint density at radius 1 is 1.38 bits per heavy atom. The van der Waals surface area contributed by atoms with Crippen molar-refractivity contribution in [2.75, 3.05) is 0 Å². The van der Waals surface area contributed by atoms with Crippen LogP contribution in [0.2, 0.25) is 0 Å². The first kappa shape index (κ1) is 16.0. The van der Waals surface area contributed by atoms with Crippen molar-refractivity contribution in [3.63, 3.8) is 0 Å². The van der Waals surface area contributed by atoms with Gasteiger partial charge in [0.05, 0.1) is 5.69 Å². The molecule has 2 aromatic rings. The van der Waals surface area contributed by atoms with E-state index in [1.807, 2.05) is 37.7 Å². The summed E-state index contributed by atoms with van der Waals surface area (Å²) >= 11 is 3.51. The van der Waals surface area contributed by atoms with E-state index in [0.717, 1.165) is 45.8 Å². The maximum Gasteiger partial charge on any atom is 0.171 e. The minimum Gasteiger partial charge on any atom is -0.453 e. The lowest BCUT2D eigenvalue weighted by Gasteiger charge is -2.15. The van der Waals surface area contributed by atoms with Crippen molar-refractivity contribution in [3.8, 4) is 11.5 Å². The van der Waals surface area contributed by atoms with Gasteiger partial charge in [-0.2, -0.15) is 5.10 Å². The number of rotatable bonds is 5. The lowest BCUT2D eigenvalue weighted by Crippen LogP contribution is -2.21. The molecule has 0 spiro atoms. The Balaban J connectivity index is 2.35. The smallest absolute Gasteiger partial charge is 0.171 e. The third-order valence-corrected chi connectivity index (χ3v) is 4.18. The van der Waals surface area contributed by atoms with Gasteiger partial charge < -0.3 is 10.5 Å². The van der Waals surface area contributed by atoms with Crippen molar-refractivity contribution < 1.29 is 4.74 Å². The summed E-state index contributed by atoms with van der Waals surface area (Å²) in [4.78, 5) is 0. The van der Waals surface area contributed by atoms with Crippen LogP contribution >= 0.6 is 15.9 Å². The molecule has 1 aromatic heterocycles. The monoisotopic (exact) mass is 351 g/mol. The predicted octanol–water partition coefficient (Wildman–Crippen LogP) is 3.87. The molecule has 0 amide bonds. The molecule has 0 saturated carbocycles. The van der Waals surface area contributed by atoms with Crippen molar-refractivity contribution in [3.05, 3.63) is 39.6 Å². The van der Waals surface area contributed by atoms with Gasteiger partial charge in [0.1, 0.15) is 11.4 Å². The van der Waals surface area contributed by atoms with Gasteiger partial charge in [0.25, 0.3) is 0 Å². The lowest BCUT2D eigenvalue weighted by atomic mass is 10.0. The number of halogens is 1. The van der Waals surface area contributed by atoms with E-state index in [9.17, 15) is 0 Å². The van der Waals surface area contributed by atoms with E-state index in [1.54, 1.807) is 0 Å². The predicted molar refractivity (Wildman–Crippen MR) is 88.9 cm³/mol. The standard InChI is InChI=1S/C16H22BrN3O/c1-5-14(18)9-12-8-13(17)6-7-15(12)21-16-10(2)19-20(4)11(16)3/h6-8,14H,5,9,18H2,1-4H3. The largest absolute Gasteiger partial charge is 0.453 e. The van der Waals surface area contributed by atoms with Crippen molar-refractivity contribution in [2.24, 2.45) is 12.8 Å². The Kier molecular flexibility index (Phi) is 5.06. The van der Waals surface area contributed by atoms with Crippen LogP contribution in [0.3, 0.4) is 0 Å². The Hall–Kier alpha value is -1.33. The minimum absolute atomic E-state index is 0.137. The first-order valence-corrected chi connectivity index (χ1v) is 7.93. The molecule has 5 heteroatoms. The lowest BCUT2D eigenvalue weighted by molar-refractivity contribution is 0.464. The van der Waals surface area contributed by atoms with Crippen LogP contribution in [0.1, 0.15) is 30.3 Å². The summed E-state index contributed by atoms with van der Waals surface area (Å²) in [5, 5.41) is 4.39. The Labute approximate surface area is 134 Å². The van der Waals surface area contributed by atoms with Gasteiger partial charge in [0.2, 0.25) is 0 Å². The summed E-state index contributed by atoms with van der Waals surface area (Å²) < 4.78 is 9.00. The highest BCUT2D eigenvalue weighted by Crippen LogP contribution is 2.32. The van der Waals surface area contributed by atoms with Gasteiger partial charge in [0, 0.05) is 17.6 Å². The summed E-state index contributed by atoms with van der Waals surface area (Å²) in [6, 6.07) is 6.18. The second kappa shape index (κ2) is 6.62. The van der Waals surface area contributed by atoms with E-state index < -0.39 is 0 Å². The van der Waals surface area contributed by atoms with Crippen molar-refractivity contribution >= 4 is 15.9 Å². The first-order valence-electron chi connectivity index (χ1n) is 7.14. The van der Waals surface area contributed by atoms with Gasteiger partial charge in [-0.3, -0.25) is 4.68 Å². The molecule has 0 fully saturated rings. The fourth-order valence-corrected chi connectivity index (χ4v) is 2.65. The maximum absolute atomic E-state index is 6.13. The van der Waals surface area contributed by atoms with Crippen molar-refractivity contribution in [1.29, 1.82) is 0 Å². The number of hydrogen-bond donors (Lipinski definition) is 1. The van der Waals surface area contributed by atoms with Gasteiger partial charge in [-0.25, -0.2) is 0 Å². The van der Waals surface area contributed by atoms with Gasteiger partial charge in [-0.15, -0.1) is 0 Å². The van der Waals surface area contributed by atoms with Crippen LogP contribution in [0.15, 0.2) is 22.7 Å². The van der Waals surface area contributed by atoms with Crippen molar-refractivity contribution in [1.82, 2.24) is 9.78 Å². The molecule has 4 nitrogen and oxygen atoms in total. The van der Waals surface area contributed by atoms with E-state index in [2.05, 4.69) is 34.0 Å². The fourth-order valence-electron chi connectivity index (χ4n) is 2.25. The Bertz CT molecular complexity index is 637. The van der Waals surface area contributed by atoms with E-state index in [-0.39, 0.29) is 6.04 Å². The van der Waals surface area contributed by atoms with Crippen LogP contribution in [0.4, 0.5) is 0 Å². The number of benzene rings is 1. The topological polar surface area (TPSA) is 53.1 Å². The molecule has 0 saturated heterocycles. The average molecular weight is 352 g/mol. The second-order valence-electron chi connectivity index (χ2n) is 5.35. The average Bonchev–Trinajstić information content (AvgIpc) is 2.67. The molecule has 0 radical (unpaired) electrons. The number of nitrogens with two attached hydrogens (primary N) is 1. The summed E-state index contributed by atoms with van der Waals surface area (Å²) in [5.41, 5.74) is 9.11. The van der Waals surface area contributed by atoms with E-state index in [0.29, 0.717) is 0 Å². The highest BCUT2D eigenvalue weighted by molar-refractivity contribution is 9.10. The molecule has 1 atom stereocenters. The van der Waals surface area contributed by atoms with Gasteiger partial charge in [-0.1, -0.05) is 22.9 Å². The molecule has 2 N–H and O–H groups in total.